The van der Waals surface area contributed by atoms with Gasteiger partial charge in [0, 0.05) is 26.5 Å². The van der Waals surface area contributed by atoms with E-state index in [0.717, 1.165) is 11.4 Å². The van der Waals surface area contributed by atoms with Gasteiger partial charge in [0.2, 0.25) is 0 Å². The van der Waals surface area contributed by atoms with Gasteiger partial charge in [0.05, 0.1) is 12.8 Å². The molecule has 1 aromatic carbocycles. The van der Waals surface area contributed by atoms with E-state index in [0.29, 0.717) is 6.67 Å². The fraction of sp³-hybridized carbons (Fsp3) is 0.333. The second-order valence-corrected chi connectivity index (χ2v) is 3.44. The Kier molecular flexibility index (Phi) is 5.57. The van der Waals surface area contributed by atoms with Crippen molar-refractivity contribution in [1.29, 1.82) is 0 Å². The molecule has 0 aliphatic heterocycles. The van der Waals surface area contributed by atoms with Crippen LogP contribution in [0.15, 0.2) is 46.9 Å². The minimum atomic E-state index is 0.518. The monoisotopic (exact) mass is 234 g/mol. The van der Waals surface area contributed by atoms with Crippen LogP contribution in [-0.4, -0.2) is 32.8 Å². The molecule has 0 aromatic heterocycles. The molecule has 1 N–H and O–H groups in total. The van der Waals surface area contributed by atoms with E-state index < -0.39 is 0 Å². The lowest BCUT2D eigenvalue weighted by Gasteiger charge is -2.08. The van der Waals surface area contributed by atoms with E-state index in [-0.39, 0.29) is 0 Å². The minimum absolute atomic E-state index is 0.518. The molecule has 0 bridgehead atoms. The average Bonchev–Trinajstić information content (AvgIpc) is 2.37. The summed E-state index contributed by atoms with van der Waals surface area (Å²) in [7, 11) is 5.42. The Labute approximate surface area is 102 Å². The lowest BCUT2D eigenvalue weighted by Crippen LogP contribution is -2.11. The molecule has 1 rings (SSSR count). The largest absolute Gasteiger partial charge is 0.497 e. The van der Waals surface area contributed by atoms with Crippen molar-refractivity contribution in [3.05, 3.63) is 36.7 Å². The van der Waals surface area contributed by atoms with E-state index in [1.54, 1.807) is 7.11 Å². The summed E-state index contributed by atoms with van der Waals surface area (Å²) in [5, 5.41) is 11.1. The third-order valence-electron chi connectivity index (χ3n) is 2.04. The summed E-state index contributed by atoms with van der Waals surface area (Å²) in [6.45, 7) is 0.518. The highest BCUT2D eigenvalue weighted by Gasteiger charge is 1.92. The van der Waals surface area contributed by atoms with Gasteiger partial charge in [0.1, 0.15) is 12.4 Å². The zero-order valence-electron chi connectivity index (χ0n) is 10.4. The molecule has 0 unspecified atom stereocenters. The molecule has 17 heavy (non-hydrogen) atoms. The number of nitrogens with one attached hydrogen (secondary N) is 1. The average molecular weight is 234 g/mol. The molecule has 0 saturated carbocycles. The van der Waals surface area contributed by atoms with Crippen LogP contribution in [0, 0.1) is 0 Å². The topological polar surface area (TPSA) is 49.2 Å². The van der Waals surface area contributed by atoms with E-state index in [2.05, 4.69) is 15.5 Å². The molecule has 0 saturated heterocycles. The van der Waals surface area contributed by atoms with Crippen LogP contribution < -0.4 is 10.1 Å². The van der Waals surface area contributed by atoms with Crippen LogP contribution in [0.3, 0.4) is 0 Å². The van der Waals surface area contributed by atoms with E-state index in [4.69, 9.17) is 4.74 Å². The van der Waals surface area contributed by atoms with Gasteiger partial charge in [-0.25, -0.2) is 0 Å². The predicted octanol–water partition coefficient (Wildman–Crippen LogP) is 2.36. The summed E-state index contributed by atoms with van der Waals surface area (Å²) in [6.07, 6.45) is 3.73. The van der Waals surface area contributed by atoms with Gasteiger partial charge in [-0.05, 0) is 24.3 Å². The molecular formula is C12H18N4O. The number of ether oxygens (including phenoxy) is 1. The van der Waals surface area contributed by atoms with Crippen molar-refractivity contribution in [1.82, 2.24) is 10.2 Å². The number of hydrogen-bond donors (Lipinski definition) is 1. The Morgan fingerprint density at radius 3 is 2.65 bits per heavy atom. The number of rotatable bonds is 6. The van der Waals surface area contributed by atoms with Crippen LogP contribution in [0.2, 0.25) is 0 Å². The first-order valence-corrected chi connectivity index (χ1v) is 5.32. The predicted molar refractivity (Wildman–Crippen MR) is 68.3 cm³/mol. The van der Waals surface area contributed by atoms with E-state index in [1.807, 2.05) is 55.7 Å². The summed E-state index contributed by atoms with van der Waals surface area (Å²) in [5.74, 6) is 0.818. The molecule has 1 aromatic rings. The fourth-order valence-electron chi connectivity index (χ4n) is 1.11. The van der Waals surface area contributed by atoms with Crippen molar-refractivity contribution >= 4 is 5.69 Å². The van der Waals surface area contributed by atoms with E-state index >= 15 is 0 Å². The summed E-state index contributed by atoms with van der Waals surface area (Å²) < 4.78 is 5.06. The van der Waals surface area contributed by atoms with Gasteiger partial charge in [0.25, 0.3) is 0 Å². The molecule has 5 nitrogen and oxygen atoms in total. The molecule has 0 aliphatic rings. The molecule has 0 atom stereocenters. The first kappa shape index (κ1) is 13.0. The van der Waals surface area contributed by atoms with Gasteiger partial charge in [-0.1, -0.05) is 0 Å². The molecule has 0 radical (unpaired) electrons. The van der Waals surface area contributed by atoms with E-state index in [1.165, 1.54) is 0 Å². The van der Waals surface area contributed by atoms with Crippen molar-refractivity contribution in [3.63, 3.8) is 0 Å². The summed E-state index contributed by atoms with van der Waals surface area (Å²) >= 11 is 0. The Morgan fingerprint density at radius 2 is 2.06 bits per heavy atom. The summed E-state index contributed by atoms with van der Waals surface area (Å²) in [4.78, 5) is 1.92. The Bertz CT molecular complexity index is 373. The van der Waals surface area contributed by atoms with Crippen LogP contribution in [0.1, 0.15) is 0 Å². The molecule has 0 aliphatic carbocycles. The van der Waals surface area contributed by atoms with Gasteiger partial charge in [0.15, 0.2) is 0 Å². The maximum absolute atomic E-state index is 5.06. The fourth-order valence-corrected chi connectivity index (χ4v) is 1.11. The van der Waals surface area contributed by atoms with Gasteiger partial charge in [-0.3, -0.25) is 0 Å². The molecular weight excluding hydrogens is 216 g/mol. The Balaban J connectivity index is 2.44. The first-order valence-electron chi connectivity index (χ1n) is 5.32. The quantitative estimate of drug-likeness (QED) is 0.769. The lowest BCUT2D eigenvalue weighted by molar-refractivity contribution is 0.415. The highest BCUT2D eigenvalue weighted by Crippen LogP contribution is 2.17. The van der Waals surface area contributed by atoms with Crippen molar-refractivity contribution in [2.75, 3.05) is 27.9 Å². The second-order valence-electron chi connectivity index (χ2n) is 3.44. The number of nitrogens with zero attached hydrogens (tertiary/aromatic N) is 3. The highest BCUT2D eigenvalue weighted by molar-refractivity contribution is 5.40. The molecule has 5 heteroatoms. The van der Waals surface area contributed by atoms with E-state index in [9.17, 15) is 0 Å². The van der Waals surface area contributed by atoms with Crippen molar-refractivity contribution < 1.29 is 4.74 Å². The van der Waals surface area contributed by atoms with Crippen LogP contribution in [0.25, 0.3) is 0 Å². The standard InChI is InChI=1S/C12H18N4O/c1-13-8-9-16(2)10-14-15-11-4-6-12(17-3)7-5-11/h4-9,13H,10H2,1-3H3/b9-8-,15-14?. The van der Waals surface area contributed by atoms with Crippen molar-refractivity contribution in [2.45, 2.75) is 0 Å². The zero-order valence-corrected chi connectivity index (χ0v) is 10.4. The number of benzene rings is 1. The third kappa shape index (κ3) is 5.01. The minimum Gasteiger partial charge on any atom is -0.497 e. The van der Waals surface area contributed by atoms with Crippen LogP contribution in [0.5, 0.6) is 5.75 Å². The van der Waals surface area contributed by atoms with Gasteiger partial charge in [-0.2, -0.15) is 10.2 Å². The van der Waals surface area contributed by atoms with Gasteiger partial charge >= 0.3 is 0 Å². The molecule has 0 heterocycles. The normalized spacial score (nSPS) is 11.0. The van der Waals surface area contributed by atoms with Crippen molar-refractivity contribution in [3.8, 4) is 5.75 Å². The van der Waals surface area contributed by atoms with Gasteiger partial charge < -0.3 is 15.0 Å². The third-order valence-corrected chi connectivity index (χ3v) is 2.04. The van der Waals surface area contributed by atoms with Crippen molar-refractivity contribution in [2.24, 2.45) is 10.2 Å². The second kappa shape index (κ2) is 7.27. The highest BCUT2D eigenvalue weighted by atomic mass is 16.5. The van der Waals surface area contributed by atoms with Crippen LogP contribution in [0.4, 0.5) is 5.69 Å². The smallest absolute Gasteiger partial charge is 0.131 e. The van der Waals surface area contributed by atoms with Crippen LogP contribution >= 0.6 is 0 Å². The summed E-state index contributed by atoms with van der Waals surface area (Å²) in [5.41, 5.74) is 0.816. The SMILES string of the molecule is CN/C=C\N(C)CN=Nc1ccc(OC)cc1. The maximum atomic E-state index is 5.06. The Morgan fingerprint density at radius 1 is 1.35 bits per heavy atom. The number of methoxy groups -OCH3 is 1. The van der Waals surface area contributed by atoms with Gasteiger partial charge in [-0.15, -0.1) is 0 Å². The van der Waals surface area contributed by atoms with Crippen LogP contribution in [-0.2, 0) is 0 Å². The maximum Gasteiger partial charge on any atom is 0.131 e. The number of azo groups is 1. The molecule has 92 valence electrons. The number of hydrogen-bond acceptors (Lipinski definition) is 5. The molecule has 0 fully saturated rings. The summed E-state index contributed by atoms with van der Waals surface area (Å²) in [6, 6.07) is 7.45. The molecule has 0 amide bonds. The first-order chi connectivity index (χ1) is 8.26. The zero-order chi connectivity index (χ0) is 12.5. The Hall–Kier alpha value is -2.04. The molecule has 0 spiro atoms. The lowest BCUT2D eigenvalue weighted by atomic mass is 10.3.